The van der Waals surface area contributed by atoms with E-state index in [1.807, 2.05) is 26.8 Å². The van der Waals surface area contributed by atoms with Crippen LogP contribution in [0.4, 0.5) is 0 Å². The van der Waals surface area contributed by atoms with Crippen molar-refractivity contribution in [2.24, 2.45) is 0 Å². The average molecular weight is 356 g/mol. The van der Waals surface area contributed by atoms with Crippen molar-refractivity contribution in [1.82, 2.24) is 15.6 Å². The van der Waals surface area contributed by atoms with E-state index in [0.717, 1.165) is 12.1 Å². The van der Waals surface area contributed by atoms with Crippen molar-refractivity contribution in [2.45, 2.75) is 38.8 Å². The number of amides is 1. The first-order valence-corrected chi connectivity index (χ1v) is 9.57. The number of hydrogen-bond acceptors (Lipinski definition) is 3. The molecule has 25 heavy (non-hydrogen) atoms. The molecule has 1 amide bonds. The first-order chi connectivity index (χ1) is 12.1. The Balaban J connectivity index is 1.81. The fourth-order valence-corrected chi connectivity index (χ4v) is 3.88. The Bertz CT molecular complexity index is 822. The van der Waals surface area contributed by atoms with Crippen molar-refractivity contribution in [3.8, 4) is 0 Å². The third kappa shape index (κ3) is 4.11. The van der Waals surface area contributed by atoms with Crippen molar-refractivity contribution < 1.29 is 4.79 Å². The second kappa shape index (κ2) is 7.85. The Morgan fingerprint density at radius 1 is 1.16 bits per heavy atom. The predicted octanol–water partition coefficient (Wildman–Crippen LogP) is 3.86. The summed E-state index contributed by atoms with van der Waals surface area (Å²) < 4.78 is 0. The molecule has 0 saturated carbocycles. The molecule has 5 heteroatoms. The summed E-state index contributed by atoms with van der Waals surface area (Å²) in [4.78, 5) is 16.8. The second-order valence-corrected chi connectivity index (χ2v) is 7.63. The van der Waals surface area contributed by atoms with Crippen LogP contribution in [0, 0.1) is 0 Å². The van der Waals surface area contributed by atoms with Crippen LogP contribution in [-0.4, -0.2) is 29.5 Å². The number of benzene rings is 1. The molecule has 0 aliphatic carbocycles. The molecule has 1 aromatic carbocycles. The highest BCUT2D eigenvalue weighted by Gasteiger charge is 2.21. The summed E-state index contributed by atoms with van der Waals surface area (Å²) in [5.41, 5.74) is 2.41. The molecule has 0 bridgehead atoms. The minimum absolute atomic E-state index is 0.0406. The van der Waals surface area contributed by atoms with Gasteiger partial charge in [0.1, 0.15) is 0 Å². The summed E-state index contributed by atoms with van der Waals surface area (Å²) in [6.45, 7) is 6.59. The van der Waals surface area contributed by atoms with E-state index in [-0.39, 0.29) is 23.9 Å². The number of aromatic amines is 1. The summed E-state index contributed by atoms with van der Waals surface area (Å²) in [7, 11) is 0. The van der Waals surface area contributed by atoms with Crippen LogP contribution in [0.1, 0.15) is 37.1 Å². The van der Waals surface area contributed by atoms with Gasteiger partial charge in [-0.05, 0) is 43.8 Å². The molecule has 3 N–H and O–H groups in total. The summed E-state index contributed by atoms with van der Waals surface area (Å²) >= 11 is 1.75. The molecule has 0 unspecified atom stereocenters. The SMILES string of the molecule is CC(C)NC(=O)[C@H](C)NC[C@@H](c1cccs1)c1c[nH]c2ccccc12. The zero-order chi connectivity index (χ0) is 17.8. The van der Waals surface area contributed by atoms with Gasteiger partial charge in [0.05, 0.1) is 6.04 Å². The van der Waals surface area contributed by atoms with Crippen molar-refractivity contribution in [2.75, 3.05) is 6.54 Å². The molecule has 0 spiro atoms. The zero-order valence-corrected chi connectivity index (χ0v) is 15.7. The van der Waals surface area contributed by atoms with Crippen LogP contribution in [0.2, 0.25) is 0 Å². The summed E-state index contributed by atoms with van der Waals surface area (Å²) in [5.74, 6) is 0.254. The number of carbonyl (C=O) groups excluding carboxylic acids is 1. The number of fused-ring (bicyclic) bond motifs is 1. The fourth-order valence-electron chi connectivity index (χ4n) is 3.03. The number of hydrogen-bond donors (Lipinski definition) is 3. The Labute approximate surface area is 152 Å². The molecule has 3 aromatic rings. The van der Waals surface area contributed by atoms with E-state index in [0.29, 0.717) is 0 Å². The van der Waals surface area contributed by atoms with E-state index in [9.17, 15) is 4.79 Å². The van der Waals surface area contributed by atoms with E-state index >= 15 is 0 Å². The van der Waals surface area contributed by atoms with Gasteiger partial charge in [-0.2, -0.15) is 0 Å². The lowest BCUT2D eigenvalue weighted by Gasteiger charge is -2.20. The Kier molecular flexibility index (Phi) is 5.56. The topological polar surface area (TPSA) is 56.9 Å². The number of aromatic nitrogens is 1. The highest BCUT2D eigenvalue weighted by atomic mass is 32.1. The maximum absolute atomic E-state index is 12.2. The van der Waals surface area contributed by atoms with Crippen LogP contribution < -0.4 is 10.6 Å². The number of carbonyl (C=O) groups is 1. The monoisotopic (exact) mass is 355 g/mol. The smallest absolute Gasteiger partial charge is 0.237 e. The molecular weight excluding hydrogens is 330 g/mol. The highest BCUT2D eigenvalue weighted by Crippen LogP contribution is 2.32. The highest BCUT2D eigenvalue weighted by molar-refractivity contribution is 7.10. The van der Waals surface area contributed by atoms with Crippen molar-refractivity contribution in [3.05, 3.63) is 58.4 Å². The lowest BCUT2D eigenvalue weighted by molar-refractivity contribution is -0.123. The predicted molar refractivity (Wildman–Crippen MR) is 105 cm³/mol. The molecule has 0 saturated heterocycles. The molecule has 2 heterocycles. The van der Waals surface area contributed by atoms with Crippen LogP contribution in [0.15, 0.2) is 48.0 Å². The molecule has 0 aliphatic heterocycles. The quantitative estimate of drug-likeness (QED) is 0.603. The van der Waals surface area contributed by atoms with Gasteiger partial charge in [-0.15, -0.1) is 11.3 Å². The first kappa shape index (κ1) is 17.7. The van der Waals surface area contributed by atoms with Gasteiger partial charge in [0, 0.05) is 40.5 Å². The lowest BCUT2D eigenvalue weighted by atomic mass is 9.96. The first-order valence-electron chi connectivity index (χ1n) is 8.69. The number of nitrogens with one attached hydrogen (secondary N) is 3. The summed E-state index contributed by atoms with van der Waals surface area (Å²) in [6.07, 6.45) is 2.09. The van der Waals surface area contributed by atoms with E-state index in [1.54, 1.807) is 11.3 Å². The number of H-pyrrole nitrogens is 1. The number of thiophene rings is 1. The normalized spacial score (nSPS) is 13.9. The summed E-state index contributed by atoms with van der Waals surface area (Å²) in [6, 6.07) is 12.5. The van der Waals surface area contributed by atoms with E-state index in [2.05, 4.69) is 57.5 Å². The molecule has 3 rings (SSSR count). The third-order valence-corrected chi connectivity index (χ3v) is 5.32. The number of rotatable bonds is 7. The van der Waals surface area contributed by atoms with Crippen LogP contribution in [0.5, 0.6) is 0 Å². The van der Waals surface area contributed by atoms with Gasteiger partial charge in [0.2, 0.25) is 5.91 Å². The van der Waals surface area contributed by atoms with E-state index in [4.69, 9.17) is 0 Å². The van der Waals surface area contributed by atoms with E-state index in [1.165, 1.54) is 15.8 Å². The Morgan fingerprint density at radius 3 is 2.68 bits per heavy atom. The van der Waals surface area contributed by atoms with Gasteiger partial charge >= 0.3 is 0 Å². The van der Waals surface area contributed by atoms with Gasteiger partial charge in [-0.25, -0.2) is 0 Å². The molecule has 2 atom stereocenters. The second-order valence-electron chi connectivity index (χ2n) is 6.65. The minimum Gasteiger partial charge on any atom is -0.361 e. The molecule has 4 nitrogen and oxygen atoms in total. The van der Waals surface area contributed by atoms with Gasteiger partial charge < -0.3 is 15.6 Å². The summed E-state index contributed by atoms with van der Waals surface area (Å²) in [5, 5.41) is 9.71. The van der Waals surface area contributed by atoms with Crippen molar-refractivity contribution in [3.63, 3.8) is 0 Å². The van der Waals surface area contributed by atoms with E-state index < -0.39 is 0 Å². The van der Waals surface area contributed by atoms with Crippen LogP contribution in [0.25, 0.3) is 10.9 Å². The molecule has 0 radical (unpaired) electrons. The fraction of sp³-hybridized carbons (Fsp3) is 0.350. The van der Waals surface area contributed by atoms with Crippen LogP contribution >= 0.6 is 11.3 Å². The van der Waals surface area contributed by atoms with Gasteiger partial charge in [-0.3, -0.25) is 4.79 Å². The maximum Gasteiger partial charge on any atom is 0.237 e. The van der Waals surface area contributed by atoms with Gasteiger partial charge in [0.15, 0.2) is 0 Å². The molecule has 132 valence electrons. The number of para-hydroxylation sites is 1. The Morgan fingerprint density at radius 2 is 1.96 bits per heavy atom. The molecule has 0 fully saturated rings. The minimum atomic E-state index is -0.227. The van der Waals surface area contributed by atoms with Gasteiger partial charge in [-0.1, -0.05) is 24.3 Å². The molecular formula is C20H25N3OS. The Hall–Kier alpha value is -2.11. The maximum atomic E-state index is 12.2. The van der Waals surface area contributed by atoms with Crippen molar-refractivity contribution >= 4 is 28.1 Å². The standard InChI is InChI=1S/C20H25N3OS/c1-13(2)23-20(24)14(3)21-12-17(19-9-6-10-25-19)16-11-22-18-8-5-4-7-15(16)18/h4-11,13-14,17,21-22H,12H2,1-3H3,(H,23,24)/t14-,17+/m0/s1. The van der Waals surface area contributed by atoms with Gasteiger partial charge in [0.25, 0.3) is 0 Å². The largest absolute Gasteiger partial charge is 0.361 e. The lowest BCUT2D eigenvalue weighted by Crippen LogP contribution is -2.45. The molecule has 0 aliphatic rings. The third-order valence-electron chi connectivity index (χ3n) is 4.34. The zero-order valence-electron chi connectivity index (χ0n) is 14.9. The molecule has 2 aromatic heterocycles. The van der Waals surface area contributed by atoms with Crippen molar-refractivity contribution in [1.29, 1.82) is 0 Å². The average Bonchev–Trinajstić information content (AvgIpc) is 3.25. The van der Waals surface area contributed by atoms with Crippen LogP contribution in [-0.2, 0) is 4.79 Å². The van der Waals surface area contributed by atoms with Crippen LogP contribution in [0.3, 0.4) is 0 Å².